The minimum Gasteiger partial charge on any atom is -0.478 e. The van der Waals surface area contributed by atoms with Crippen LogP contribution in [0.15, 0.2) is 42.5 Å². The zero-order valence-electron chi connectivity index (χ0n) is 20.4. The van der Waals surface area contributed by atoms with Gasteiger partial charge in [0.1, 0.15) is 17.4 Å². The molecule has 0 saturated heterocycles. The highest BCUT2D eigenvalue weighted by Gasteiger charge is 2.29. The number of nitrogens with zero attached hydrogens (tertiary/aromatic N) is 1. The smallest absolute Gasteiger partial charge is 0.347 e. The molecule has 0 bridgehead atoms. The lowest BCUT2D eigenvalue weighted by Crippen LogP contribution is -2.39. The Hall–Kier alpha value is -3.20. The van der Waals surface area contributed by atoms with Gasteiger partial charge in [-0.3, -0.25) is 0 Å². The largest absolute Gasteiger partial charge is 0.478 e. The summed E-state index contributed by atoms with van der Waals surface area (Å²) in [7, 11) is 0. The number of carbonyl (C=O) groups is 2. The van der Waals surface area contributed by atoms with Crippen LogP contribution in [0.4, 0.5) is 19.3 Å². The number of aliphatic hydroxyl groups excluding tert-OH is 1. The highest BCUT2D eigenvalue weighted by Crippen LogP contribution is 2.23. The lowest BCUT2D eigenvalue weighted by Gasteiger charge is -2.26. The van der Waals surface area contributed by atoms with Gasteiger partial charge in [0.2, 0.25) is 0 Å². The lowest BCUT2D eigenvalue weighted by molar-refractivity contribution is -0.152. The molecule has 0 spiro atoms. The van der Waals surface area contributed by atoms with Gasteiger partial charge in [0, 0.05) is 12.6 Å². The Morgan fingerprint density at radius 3 is 2.31 bits per heavy atom. The molecule has 0 fully saturated rings. The number of amides is 2. The van der Waals surface area contributed by atoms with E-state index in [1.54, 1.807) is 24.3 Å². The third kappa shape index (κ3) is 8.83. The van der Waals surface area contributed by atoms with Crippen molar-refractivity contribution in [2.45, 2.75) is 64.6 Å². The van der Waals surface area contributed by atoms with Gasteiger partial charge in [-0.25, -0.2) is 18.4 Å². The predicted octanol–water partition coefficient (Wildman–Crippen LogP) is 5.74. The van der Waals surface area contributed by atoms with Crippen LogP contribution < -0.4 is 10.1 Å². The molecule has 35 heavy (non-hydrogen) atoms. The Labute approximate surface area is 204 Å². The molecule has 0 aliphatic heterocycles. The number of hydrogen-bond acceptors (Lipinski definition) is 4. The third-order valence-corrected chi connectivity index (χ3v) is 5.54. The van der Waals surface area contributed by atoms with E-state index in [9.17, 15) is 28.6 Å². The highest BCUT2D eigenvalue weighted by molar-refractivity contribution is 5.89. The molecule has 192 valence electrons. The average molecular weight is 493 g/mol. The fourth-order valence-corrected chi connectivity index (χ4v) is 3.38. The number of halogens is 2. The summed E-state index contributed by atoms with van der Waals surface area (Å²) in [5, 5.41) is 22.4. The van der Waals surface area contributed by atoms with Gasteiger partial charge in [-0.05, 0) is 50.1 Å². The number of anilines is 1. The second-order valence-corrected chi connectivity index (χ2v) is 8.92. The summed E-state index contributed by atoms with van der Waals surface area (Å²) in [4.78, 5) is 25.5. The van der Waals surface area contributed by atoms with Crippen LogP contribution in [-0.2, 0) is 4.79 Å². The number of rotatable bonds is 13. The van der Waals surface area contributed by atoms with E-state index in [0.717, 1.165) is 37.8 Å². The van der Waals surface area contributed by atoms with Gasteiger partial charge in [0.15, 0.2) is 5.60 Å². The van der Waals surface area contributed by atoms with Gasteiger partial charge < -0.3 is 25.2 Å². The summed E-state index contributed by atoms with van der Waals surface area (Å²) in [5.74, 6) is -2.42. The molecule has 3 N–H and O–H groups in total. The molecule has 0 aromatic heterocycles. The lowest BCUT2D eigenvalue weighted by atomic mass is 10.1. The number of carboxylic acid groups (broad SMARTS) is 1. The molecule has 0 aliphatic carbocycles. The van der Waals surface area contributed by atoms with Crippen LogP contribution in [0.25, 0.3) is 0 Å². The topological polar surface area (TPSA) is 99.1 Å². The Kier molecular flexibility index (Phi) is 10.4. The number of urea groups is 1. The molecule has 0 saturated carbocycles. The molecular weight excluding hydrogens is 458 g/mol. The van der Waals surface area contributed by atoms with Crippen LogP contribution in [0.5, 0.6) is 5.75 Å². The Bertz CT molecular complexity index is 982. The van der Waals surface area contributed by atoms with Crippen molar-refractivity contribution in [2.24, 2.45) is 0 Å². The second-order valence-electron chi connectivity index (χ2n) is 8.92. The van der Waals surface area contributed by atoms with E-state index in [1.807, 2.05) is 0 Å². The first-order valence-corrected chi connectivity index (χ1v) is 11.7. The third-order valence-electron chi connectivity index (χ3n) is 5.54. The van der Waals surface area contributed by atoms with Crippen molar-refractivity contribution in [3.05, 3.63) is 59.7 Å². The second kappa shape index (κ2) is 13.0. The zero-order chi connectivity index (χ0) is 26.0. The summed E-state index contributed by atoms with van der Waals surface area (Å²) in [6, 6.07) is 8.57. The first-order valence-electron chi connectivity index (χ1n) is 11.7. The number of hydrogen-bond donors (Lipinski definition) is 3. The number of nitrogens with one attached hydrogen (secondary N) is 1. The molecule has 0 radical (unpaired) electrons. The number of carboxylic acids is 1. The van der Waals surface area contributed by atoms with E-state index >= 15 is 0 Å². The van der Waals surface area contributed by atoms with E-state index in [0.29, 0.717) is 30.3 Å². The van der Waals surface area contributed by atoms with E-state index < -0.39 is 35.3 Å². The molecule has 2 aromatic rings. The summed E-state index contributed by atoms with van der Waals surface area (Å²) >= 11 is 0. The number of aliphatic hydroxyl groups is 1. The summed E-state index contributed by atoms with van der Waals surface area (Å²) < 4.78 is 32.7. The summed E-state index contributed by atoms with van der Waals surface area (Å²) in [5.41, 5.74) is -1.06. The zero-order valence-corrected chi connectivity index (χ0v) is 20.4. The Morgan fingerprint density at radius 2 is 1.71 bits per heavy atom. The number of ether oxygens (including phenoxy) is 1. The molecule has 9 heteroatoms. The number of aliphatic carboxylic acids is 1. The molecule has 1 atom stereocenters. The van der Waals surface area contributed by atoms with Crippen LogP contribution in [0.1, 0.15) is 64.5 Å². The van der Waals surface area contributed by atoms with Crippen molar-refractivity contribution in [1.29, 1.82) is 0 Å². The molecule has 2 rings (SSSR count). The van der Waals surface area contributed by atoms with Crippen LogP contribution in [0.3, 0.4) is 0 Å². The van der Waals surface area contributed by atoms with E-state index in [2.05, 4.69) is 12.2 Å². The Balaban J connectivity index is 2.09. The number of benzene rings is 2. The van der Waals surface area contributed by atoms with Crippen LogP contribution in [0, 0.1) is 11.6 Å². The number of unbranched alkanes of at least 4 members (excludes halogenated alkanes) is 4. The Morgan fingerprint density at radius 1 is 1.06 bits per heavy atom. The minimum atomic E-state index is -1.41. The van der Waals surface area contributed by atoms with E-state index in [1.165, 1.54) is 18.7 Å². The molecule has 0 heterocycles. The maximum absolute atomic E-state index is 14.0. The van der Waals surface area contributed by atoms with Crippen LogP contribution >= 0.6 is 0 Å². The van der Waals surface area contributed by atoms with E-state index in [4.69, 9.17) is 4.74 Å². The van der Waals surface area contributed by atoms with Crippen LogP contribution in [0.2, 0.25) is 0 Å². The van der Waals surface area contributed by atoms with Crippen molar-refractivity contribution in [3.8, 4) is 5.75 Å². The normalized spacial score (nSPS) is 12.2. The van der Waals surface area contributed by atoms with Gasteiger partial charge in [-0.15, -0.1) is 0 Å². The van der Waals surface area contributed by atoms with Gasteiger partial charge in [-0.1, -0.05) is 44.7 Å². The average Bonchev–Trinajstić information content (AvgIpc) is 2.80. The minimum absolute atomic E-state index is 0.0523. The van der Waals surface area contributed by atoms with Gasteiger partial charge in [0.25, 0.3) is 0 Å². The quantitative estimate of drug-likeness (QED) is 0.310. The van der Waals surface area contributed by atoms with E-state index in [-0.39, 0.29) is 12.2 Å². The van der Waals surface area contributed by atoms with Gasteiger partial charge in [0.05, 0.1) is 18.3 Å². The molecule has 2 amide bonds. The monoisotopic (exact) mass is 492 g/mol. The van der Waals surface area contributed by atoms with Gasteiger partial charge in [-0.2, -0.15) is 0 Å². The fourth-order valence-electron chi connectivity index (χ4n) is 3.38. The molecular formula is C26H34F2N2O5. The van der Waals surface area contributed by atoms with Crippen molar-refractivity contribution >= 4 is 17.7 Å². The van der Waals surface area contributed by atoms with Crippen molar-refractivity contribution in [2.75, 3.05) is 18.4 Å². The first-order chi connectivity index (χ1) is 16.5. The predicted molar refractivity (Wildman–Crippen MR) is 129 cm³/mol. The fraction of sp³-hybridized carbons (Fsp3) is 0.462. The molecule has 2 aromatic carbocycles. The summed E-state index contributed by atoms with van der Waals surface area (Å²) in [6.45, 7) is 5.26. The van der Waals surface area contributed by atoms with Crippen molar-refractivity contribution < 1.29 is 33.3 Å². The standard InChI is InChI=1S/C26H34F2N2O5/c1-4-5-6-7-8-15-30(25(34)29-22-14-11-19(27)16-21(22)28)17-23(31)18-9-12-20(13-10-18)35-26(2,3)24(32)33/h9-14,16,23,31H,4-8,15,17H2,1-3H3,(H,29,34)(H,32,33). The maximum atomic E-state index is 14.0. The molecule has 0 aliphatic rings. The summed E-state index contributed by atoms with van der Waals surface area (Å²) in [6.07, 6.45) is 3.76. The molecule has 7 nitrogen and oxygen atoms in total. The highest BCUT2D eigenvalue weighted by atomic mass is 19.1. The first kappa shape index (κ1) is 28.0. The SMILES string of the molecule is CCCCCCCN(CC(O)c1ccc(OC(C)(C)C(=O)O)cc1)C(=O)Nc1ccc(F)cc1F. The maximum Gasteiger partial charge on any atom is 0.347 e. The van der Waals surface area contributed by atoms with Crippen molar-refractivity contribution in [3.63, 3.8) is 0 Å². The number of carbonyl (C=O) groups excluding carboxylic acids is 1. The van der Waals surface area contributed by atoms with Gasteiger partial charge >= 0.3 is 12.0 Å². The molecule has 1 unspecified atom stereocenters. The van der Waals surface area contributed by atoms with Crippen LogP contribution in [-0.4, -0.2) is 45.8 Å². The van der Waals surface area contributed by atoms with Crippen molar-refractivity contribution in [1.82, 2.24) is 4.90 Å².